The number of nitrogens with one attached hydrogen (secondary N) is 1. The Kier molecular flexibility index (Phi) is 5.22. The van der Waals surface area contributed by atoms with Crippen molar-refractivity contribution in [3.05, 3.63) is 18.2 Å². The molecule has 0 radical (unpaired) electrons. The van der Waals surface area contributed by atoms with Crippen molar-refractivity contribution in [2.75, 3.05) is 32.0 Å². The molecule has 1 aromatic carbocycles. The molecule has 90 valence electrons. The molecule has 0 aliphatic heterocycles. The molecule has 0 fully saturated rings. The van der Waals surface area contributed by atoms with Crippen molar-refractivity contribution >= 4 is 17.3 Å². The van der Waals surface area contributed by atoms with E-state index in [0.29, 0.717) is 12.3 Å². The predicted octanol–water partition coefficient (Wildman–Crippen LogP) is 1.72. The fraction of sp³-hybridized carbons (Fsp3) is 0.455. The van der Waals surface area contributed by atoms with Crippen molar-refractivity contribution in [2.24, 2.45) is 0 Å². The fourth-order valence-corrected chi connectivity index (χ4v) is 1.34. The summed E-state index contributed by atoms with van der Waals surface area (Å²) in [6.07, 6.45) is -0.575. The molecule has 0 aliphatic carbocycles. The van der Waals surface area contributed by atoms with E-state index in [1.165, 1.54) is 0 Å². The number of alkyl halides is 1. The largest absolute Gasteiger partial charge is 0.497 e. The molecule has 0 amide bonds. The zero-order valence-electron chi connectivity index (χ0n) is 9.37. The highest BCUT2D eigenvalue weighted by molar-refractivity contribution is 6.18. The summed E-state index contributed by atoms with van der Waals surface area (Å²) in [7, 11) is 3.18. The summed E-state index contributed by atoms with van der Waals surface area (Å²) in [5.41, 5.74) is 0.799. The topological polar surface area (TPSA) is 50.7 Å². The standard InChI is InChI=1S/C11H16ClNO3/c1-15-9-3-4-10(11(5-9)16-2)13-7-8(14)6-12/h3-5,8,13-14H,6-7H2,1-2H3. The smallest absolute Gasteiger partial charge is 0.145 e. The van der Waals surface area contributed by atoms with E-state index < -0.39 is 6.10 Å². The third kappa shape index (κ3) is 3.47. The number of ether oxygens (including phenoxy) is 2. The van der Waals surface area contributed by atoms with E-state index in [9.17, 15) is 5.11 Å². The van der Waals surface area contributed by atoms with Crippen LogP contribution in [0.15, 0.2) is 18.2 Å². The van der Waals surface area contributed by atoms with Crippen LogP contribution < -0.4 is 14.8 Å². The van der Waals surface area contributed by atoms with E-state index in [2.05, 4.69) is 5.32 Å². The molecule has 5 heteroatoms. The number of hydrogen-bond donors (Lipinski definition) is 2. The molecule has 1 rings (SSSR count). The number of hydrogen-bond acceptors (Lipinski definition) is 4. The van der Waals surface area contributed by atoms with Gasteiger partial charge in [-0.15, -0.1) is 11.6 Å². The van der Waals surface area contributed by atoms with E-state index in [-0.39, 0.29) is 5.88 Å². The summed E-state index contributed by atoms with van der Waals surface area (Å²) >= 11 is 5.50. The molecule has 2 N–H and O–H groups in total. The van der Waals surface area contributed by atoms with Gasteiger partial charge in [-0.05, 0) is 12.1 Å². The Morgan fingerprint density at radius 1 is 1.38 bits per heavy atom. The monoisotopic (exact) mass is 245 g/mol. The first-order valence-electron chi connectivity index (χ1n) is 4.91. The van der Waals surface area contributed by atoms with Gasteiger partial charge in [-0.3, -0.25) is 0 Å². The average Bonchev–Trinajstić information content (AvgIpc) is 2.35. The van der Waals surface area contributed by atoms with Crippen LogP contribution in [0.4, 0.5) is 5.69 Å². The van der Waals surface area contributed by atoms with Crippen LogP contribution in [0.2, 0.25) is 0 Å². The Hall–Kier alpha value is -1.13. The predicted molar refractivity (Wildman–Crippen MR) is 64.8 cm³/mol. The van der Waals surface area contributed by atoms with Crippen LogP contribution in [0.5, 0.6) is 11.5 Å². The lowest BCUT2D eigenvalue weighted by Crippen LogP contribution is -2.20. The third-order valence-corrected chi connectivity index (χ3v) is 2.47. The quantitative estimate of drug-likeness (QED) is 0.750. The van der Waals surface area contributed by atoms with Crippen molar-refractivity contribution in [3.63, 3.8) is 0 Å². The number of aliphatic hydroxyl groups is 1. The first-order valence-corrected chi connectivity index (χ1v) is 5.44. The minimum absolute atomic E-state index is 0.200. The molecule has 1 unspecified atom stereocenters. The second-order valence-corrected chi connectivity index (χ2v) is 3.56. The fourth-order valence-electron chi connectivity index (χ4n) is 1.23. The lowest BCUT2D eigenvalue weighted by molar-refractivity contribution is 0.211. The lowest BCUT2D eigenvalue weighted by Gasteiger charge is -2.14. The third-order valence-electron chi connectivity index (χ3n) is 2.11. The highest BCUT2D eigenvalue weighted by atomic mass is 35.5. The molecule has 0 aliphatic rings. The van der Waals surface area contributed by atoms with Crippen LogP contribution in [0.25, 0.3) is 0 Å². The van der Waals surface area contributed by atoms with Crippen LogP contribution in [-0.4, -0.2) is 37.9 Å². The van der Waals surface area contributed by atoms with Gasteiger partial charge in [-0.1, -0.05) is 0 Å². The van der Waals surface area contributed by atoms with Gasteiger partial charge in [0.15, 0.2) is 0 Å². The number of aliphatic hydroxyl groups excluding tert-OH is 1. The molecule has 0 spiro atoms. The summed E-state index contributed by atoms with van der Waals surface area (Å²) in [5.74, 6) is 1.59. The normalized spacial score (nSPS) is 12.0. The van der Waals surface area contributed by atoms with Crippen LogP contribution in [0, 0.1) is 0 Å². The number of halogens is 1. The van der Waals surface area contributed by atoms with Crippen molar-refractivity contribution in [1.82, 2.24) is 0 Å². The molecule has 1 atom stereocenters. The Balaban J connectivity index is 2.71. The second kappa shape index (κ2) is 6.45. The maximum absolute atomic E-state index is 9.32. The van der Waals surface area contributed by atoms with Gasteiger partial charge in [0.1, 0.15) is 11.5 Å². The zero-order valence-corrected chi connectivity index (χ0v) is 10.1. The maximum atomic E-state index is 9.32. The van der Waals surface area contributed by atoms with Gasteiger partial charge >= 0.3 is 0 Å². The van der Waals surface area contributed by atoms with Crippen LogP contribution in [0.3, 0.4) is 0 Å². The summed E-state index contributed by atoms with van der Waals surface area (Å²) < 4.78 is 10.3. The van der Waals surface area contributed by atoms with Gasteiger partial charge in [-0.2, -0.15) is 0 Å². The van der Waals surface area contributed by atoms with Crippen molar-refractivity contribution < 1.29 is 14.6 Å². The first kappa shape index (κ1) is 12.9. The summed E-state index contributed by atoms with van der Waals surface area (Å²) in [4.78, 5) is 0. The van der Waals surface area contributed by atoms with E-state index in [1.54, 1.807) is 20.3 Å². The Morgan fingerprint density at radius 3 is 2.69 bits per heavy atom. The molecule has 0 saturated heterocycles. The number of benzene rings is 1. The SMILES string of the molecule is COc1ccc(NCC(O)CCl)c(OC)c1. The van der Waals surface area contributed by atoms with Gasteiger partial charge < -0.3 is 19.9 Å². The molecule has 0 heterocycles. The molecule has 1 aromatic rings. The van der Waals surface area contributed by atoms with Crippen LogP contribution in [-0.2, 0) is 0 Å². The first-order chi connectivity index (χ1) is 7.71. The van der Waals surface area contributed by atoms with Gasteiger partial charge in [0.2, 0.25) is 0 Å². The number of methoxy groups -OCH3 is 2. The molecular weight excluding hydrogens is 230 g/mol. The van der Waals surface area contributed by atoms with Crippen LogP contribution >= 0.6 is 11.6 Å². The lowest BCUT2D eigenvalue weighted by atomic mass is 10.2. The number of rotatable bonds is 6. The van der Waals surface area contributed by atoms with Gasteiger partial charge in [0.05, 0.1) is 31.9 Å². The van der Waals surface area contributed by atoms with Crippen molar-refractivity contribution in [2.45, 2.75) is 6.10 Å². The zero-order chi connectivity index (χ0) is 12.0. The average molecular weight is 246 g/mol. The molecule has 16 heavy (non-hydrogen) atoms. The summed E-state index contributed by atoms with van der Waals surface area (Å²) in [6.45, 7) is 0.381. The molecule has 4 nitrogen and oxygen atoms in total. The minimum Gasteiger partial charge on any atom is -0.497 e. The molecule has 0 saturated carbocycles. The van der Waals surface area contributed by atoms with E-state index in [0.717, 1.165) is 11.4 Å². The maximum Gasteiger partial charge on any atom is 0.145 e. The van der Waals surface area contributed by atoms with E-state index in [4.69, 9.17) is 21.1 Å². The molecular formula is C11H16ClNO3. The highest BCUT2D eigenvalue weighted by Crippen LogP contribution is 2.28. The van der Waals surface area contributed by atoms with Gasteiger partial charge in [-0.25, -0.2) is 0 Å². The second-order valence-electron chi connectivity index (χ2n) is 3.26. The van der Waals surface area contributed by atoms with Crippen molar-refractivity contribution in [3.8, 4) is 11.5 Å². The van der Waals surface area contributed by atoms with Gasteiger partial charge in [0.25, 0.3) is 0 Å². The Morgan fingerprint density at radius 2 is 2.12 bits per heavy atom. The molecule has 0 bridgehead atoms. The summed E-state index contributed by atoms with van der Waals surface area (Å²) in [5, 5.41) is 12.4. The van der Waals surface area contributed by atoms with Crippen molar-refractivity contribution in [1.29, 1.82) is 0 Å². The summed E-state index contributed by atoms with van der Waals surface area (Å²) in [6, 6.07) is 5.42. The number of anilines is 1. The minimum atomic E-state index is -0.575. The highest BCUT2D eigenvalue weighted by Gasteiger charge is 2.06. The Labute approximate surface area is 100 Å². The van der Waals surface area contributed by atoms with Gasteiger partial charge in [0, 0.05) is 12.6 Å². The van der Waals surface area contributed by atoms with E-state index >= 15 is 0 Å². The molecule has 0 aromatic heterocycles. The van der Waals surface area contributed by atoms with Crippen LogP contribution in [0.1, 0.15) is 0 Å². The van der Waals surface area contributed by atoms with E-state index in [1.807, 2.05) is 12.1 Å². The Bertz CT molecular complexity index is 333.